The number of ether oxygens (including phenoxy) is 1. The third-order valence-corrected chi connectivity index (χ3v) is 4.82. The van der Waals surface area contributed by atoms with Gasteiger partial charge in [-0.15, -0.1) is 0 Å². The molecule has 0 fully saturated rings. The number of rotatable bonds is 3. The largest absolute Gasteiger partial charge is 0.492 e. The molecule has 0 radical (unpaired) electrons. The zero-order valence-electron chi connectivity index (χ0n) is 12.8. The van der Waals surface area contributed by atoms with Gasteiger partial charge in [0.15, 0.2) is 0 Å². The SMILES string of the molecule is CCOc1cccc2c1N[C@H](c1ccccc1)[C@H]1CC=C[C@@H]21. The van der Waals surface area contributed by atoms with Crippen LogP contribution in [-0.2, 0) is 0 Å². The van der Waals surface area contributed by atoms with Crippen LogP contribution in [-0.4, -0.2) is 6.61 Å². The molecule has 0 bridgehead atoms. The van der Waals surface area contributed by atoms with Crippen molar-refractivity contribution in [3.05, 3.63) is 71.8 Å². The van der Waals surface area contributed by atoms with Crippen LogP contribution in [0.25, 0.3) is 0 Å². The third kappa shape index (κ3) is 2.10. The fourth-order valence-corrected chi connectivity index (χ4v) is 3.86. The molecule has 0 spiro atoms. The van der Waals surface area contributed by atoms with E-state index >= 15 is 0 Å². The molecule has 0 saturated heterocycles. The van der Waals surface area contributed by atoms with E-state index in [0.29, 0.717) is 24.5 Å². The van der Waals surface area contributed by atoms with Gasteiger partial charge in [-0.3, -0.25) is 0 Å². The van der Waals surface area contributed by atoms with Crippen molar-refractivity contribution in [3.63, 3.8) is 0 Å². The first-order valence-electron chi connectivity index (χ1n) is 8.12. The molecule has 112 valence electrons. The number of hydrogen-bond donors (Lipinski definition) is 1. The summed E-state index contributed by atoms with van der Waals surface area (Å²) in [6.07, 6.45) is 5.83. The van der Waals surface area contributed by atoms with Gasteiger partial charge in [0.2, 0.25) is 0 Å². The summed E-state index contributed by atoms with van der Waals surface area (Å²) in [5.74, 6) is 2.05. The van der Waals surface area contributed by atoms with E-state index in [0.717, 1.165) is 12.2 Å². The van der Waals surface area contributed by atoms with Crippen molar-refractivity contribution in [3.8, 4) is 5.75 Å². The molecule has 2 aromatic carbocycles. The van der Waals surface area contributed by atoms with Gasteiger partial charge in [-0.25, -0.2) is 0 Å². The van der Waals surface area contributed by atoms with Crippen molar-refractivity contribution >= 4 is 5.69 Å². The lowest BCUT2D eigenvalue weighted by Crippen LogP contribution is -2.29. The minimum absolute atomic E-state index is 0.343. The molecular formula is C20H21NO. The molecular weight excluding hydrogens is 270 g/mol. The van der Waals surface area contributed by atoms with Crippen molar-refractivity contribution in [2.75, 3.05) is 11.9 Å². The van der Waals surface area contributed by atoms with E-state index < -0.39 is 0 Å². The monoisotopic (exact) mass is 291 g/mol. The Morgan fingerprint density at radius 3 is 2.77 bits per heavy atom. The van der Waals surface area contributed by atoms with Crippen molar-refractivity contribution in [2.45, 2.75) is 25.3 Å². The van der Waals surface area contributed by atoms with Gasteiger partial charge >= 0.3 is 0 Å². The normalized spacial score (nSPS) is 25.2. The molecule has 1 N–H and O–H groups in total. The van der Waals surface area contributed by atoms with Crippen LogP contribution in [0.15, 0.2) is 60.7 Å². The molecule has 0 aromatic heterocycles. The highest BCUT2D eigenvalue weighted by Crippen LogP contribution is 2.52. The van der Waals surface area contributed by atoms with Crippen molar-refractivity contribution in [1.82, 2.24) is 0 Å². The van der Waals surface area contributed by atoms with E-state index in [9.17, 15) is 0 Å². The van der Waals surface area contributed by atoms with Gasteiger partial charge < -0.3 is 10.1 Å². The van der Waals surface area contributed by atoms with E-state index in [1.807, 2.05) is 6.92 Å². The number of para-hydroxylation sites is 1. The molecule has 2 heteroatoms. The second kappa shape index (κ2) is 5.53. The summed E-state index contributed by atoms with van der Waals surface area (Å²) in [5, 5.41) is 3.77. The summed E-state index contributed by atoms with van der Waals surface area (Å²) in [6, 6.07) is 17.5. The van der Waals surface area contributed by atoms with E-state index in [1.165, 1.54) is 16.8 Å². The number of benzene rings is 2. The highest BCUT2D eigenvalue weighted by Gasteiger charge is 2.38. The summed E-state index contributed by atoms with van der Waals surface area (Å²) in [6.45, 7) is 2.73. The molecule has 2 aliphatic rings. The van der Waals surface area contributed by atoms with E-state index in [2.05, 4.69) is 66.0 Å². The summed E-state index contributed by atoms with van der Waals surface area (Å²) >= 11 is 0. The zero-order chi connectivity index (χ0) is 14.9. The second-order valence-corrected chi connectivity index (χ2v) is 6.04. The average Bonchev–Trinajstić information content (AvgIpc) is 3.05. The number of nitrogens with one attached hydrogen (secondary N) is 1. The lowest BCUT2D eigenvalue weighted by molar-refractivity contribution is 0.337. The zero-order valence-corrected chi connectivity index (χ0v) is 12.8. The second-order valence-electron chi connectivity index (χ2n) is 6.04. The Balaban J connectivity index is 1.80. The topological polar surface area (TPSA) is 21.3 Å². The Labute approximate surface area is 131 Å². The fraction of sp³-hybridized carbons (Fsp3) is 0.300. The average molecular weight is 291 g/mol. The summed E-state index contributed by atoms with van der Waals surface area (Å²) < 4.78 is 5.85. The van der Waals surface area contributed by atoms with Gasteiger partial charge in [0.1, 0.15) is 5.75 Å². The highest BCUT2D eigenvalue weighted by atomic mass is 16.5. The Morgan fingerprint density at radius 1 is 1.09 bits per heavy atom. The number of fused-ring (bicyclic) bond motifs is 3. The minimum atomic E-state index is 0.343. The van der Waals surface area contributed by atoms with Crippen LogP contribution >= 0.6 is 0 Å². The van der Waals surface area contributed by atoms with Gasteiger partial charge in [0.25, 0.3) is 0 Å². The van der Waals surface area contributed by atoms with Crippen LogP contribution in [0.5, 0.6) is 5.75 Å². The molecule has 0 unspecified atom stereocenters. The smallest absolute Gasteiger partial charge is 0.142 e. The van der Waals surface area contributed by atoms with Crippen molar-refractivity contribution < 1.29 is 4.74 Å². The molecule has 4 rings (SSSR count). The molecule has 3 atom stereocenters. The molecule has 1 aliphatic carbocycles. The fourth-order valence-electron chi connectivity index (χ4n) is 3.86. The van der Waals surface area contributed by atoms with Gasteiger partial charge in [-0.1, -0.05) is 54.6 Å². The Bertz CT molecular complexity index is 692. The van der Waals surface area contributed by atoms with Crippen LogP contribution < -0.4 is 10.1 Å². The van der Waals surface area contributed by atoms with E-state index in [4.69, 9.17) is 4.74 Å². The number of hydrogen-bond acceptors (Lipinski definition) is 2. The summed E-state index contributed by atoms with van der Waals surface area (Å²) in [7, 11) is 0. The predicted molar refractivity (Wildman–Crippen MR) is 90.4 cm³/mol. The van der Waals surface area contributed by atoms with Gasteiger partial charge in [-0.05, 0) is 36.5 Å². The number of anilines is 1. The van der Waals surface area contributed by atoms with Crippen LogP contribution in [0.3, 0.4) is 0 Å². The van der Waals surface area contributed by atoms with Crippen molar-refractivity contribution in [2.24, 2.45) is 5.92 Å². The van der Waals surface area contributed by atoms with Gasteiger partial charge in [0.05, 0.1) is 18.3 Å². The third-order valence-electron chi connectivity index (χ3n) is 4.82. The Morgan fingerprint density at radius 2 is 1.95 bits per heavy atom. The van der Waals surface area contributed by atoms with Crippen molar-refractivity contribution in [1.29, 1.82) is 0 Å². The van der Waals surface area contributed by atoms with E-state index in [-0.39, 0.29) is 0 Å². The quantitative estimate of drug-likeness (QED) is 0.811. The highest BCUT2D eigenvalue weighted by molar-refractivity contribution is 5.67. The van der Waals surface area contributed by atoms with Gasteiger partial charge in [-0.2, -0.15) is 0 Å². The maximum Gasteiger partial charge on any atom is 0.142 e. The van der Waals surface area contributed by atoms with Crippen LogP contribution in [0.1, 0.15) is 36.4 Å². The lowest BCUT2D eigenvalue weighted by Gasteiger charge is -2.38. The molecule has 1 heterocycles. The molecule has 2 nitrogen and oxygen atoms in total. The number of allylic oxidation sites excluding steroid dienone is 2. The van der Waals surface area contributed by atoms with E-state index in [1.54, 1.807) is 0 Å². The van der Waals surface area contributed by atoms with Gasteiger partial charge in [0, 0.05) is 5.92 Å². The van der Waals surface area contributed by atoms with Crippen LogP contribution in [0, 0.1) is 5.92 Å². The first-order chi connectivity index (χ1) is 10.9. The maximum absolute atomic E-state index is 5.85. The maximum atomic E-state index is 5.85. The summed E-state index contributed by atoms with van der Waals surface area (Å²) in [4.78, 5) is 0. The Kier molecular flexibility index (Phi) is 3.38. The summed E-state index contributed by atoms with van der Waals surface area (Å²) in [5.41, 5.74) is 3.90. The molecule has 0 amide bonds. The molecule has 0 saturated carbocycles. The standard InChI is InChI=1S/C20H21NO/c1-2-22-18-13-7-12-17-15-10-6-11-16(15)19(21-20(17)18)14-8-4-3-5-9-14/h3-10,12-13,15-16,19,21H,2,11H2,1H3/t15-,16+,19-/m1/s1. The molecule has 2 aromatic rings. The van der Waals surface area contributed by atoms with Crippen LogP contribution in [0.2, 0.25) is 0 Å². The predicted octanol–water partition coefficient (Wildman–Crippen LogP) is 4.91. The first-order valence-corrected chi connectivity index (χ1v) is 8.12. The first kappa shape index (κ1) is 13.4. The molecule has 22 heavy (non-hydrogen) atoms. The van der Waals surface area contributed by atoms with Crippen LogP contribution in [0.4, 0.5) is 5.69 Å². The Hall–Kier alpha value is -2.22. The minimum Gasteiger partial charge on any atom is -0.492 e. The lowest BCUT2D eigenvalue weighted by atomic mass is 9.77. The molecule has 1 aliphatic heterocycles.